The van der Waals surface area contributed by atoms with Gasteiger partial charge in [-0.1, -0.05) is 18.9 Å². The molecule has 1 heterocycles. The lowest BCUT2D eigenvalue weighted by atomic mass is 9.89. The van der Waals surface area contributed by atoms with Gasteiger partial charge in [-0.05, 0) is 24.8 Å². The third kappa shape index (κ3) is 6.31. The van der Waals surface area contributed by atoms with Crippen LogP contribution >= 0.6 is 24.8 Å². The van der Waals surface area contributed by atoms with E-state index in [1.165, 1.54) is 32.1 Å². The fourth-order valence-corrected chi connectivity index (χ4v) is 4.12. The molecule has 1 N–H and O–H groups in total. The number of hydrogen-bond donors (Lipinski definition) is 1. The zero-order valence-corrected chi connectivity index (χ0v) is 16.9. The third-order valence-electron chi connectivity index (χ3n) is 5.15. The van der Waals surface area contributed by atoms with Gasteiger partial charge in [-0.2, -0.15) is 0 Å². The van der Waals surface area contributed by atoms with Crippen LogP contribution in [0.15, 0.2) is 18.2 Å². The van der Waals surface area contributed by atoms with Gasteiger partial charge in [0.05, 0.1) is 7.11 Å². The summed E-state index contributed by atoms with van der Waals surface area (Å²) in [5.74, 6) is 0.747. The average Bonchev–Trinajstić information content (AvgIpc) is 3.10. The molecule has 0 spiro atoms. The second-order valence-electron chi connectivity index (χ2n) is 6.73. The molecule has 0 amide bonds. The molecule has 0 radical (unpaired) electrons. The van der Waals surface area contributed by atoms with Crippen LogP contribution in [-0.4, -0.2) is 44.6 Å². The summed E-state index contributed by atoms with van der Waals surface area (Å²) in [6, 6.07) is 4.67. The number of rotatable bonds is 5. The Bertz CT molecular complexity index is 578. The maximum Gasteiger partial charge on any atom is 0.573 e. The average molecular weight is 431 g/mol. The van der Waals surface area contributed by atoms with Crippen LogP contribution in [0.3, 0.4) is 0 Å². The van der Waals surface area contributed by atoms with Gasteiger partial charge in [0.15, 0.2) is 0 Å². The summed E-state index contributed by atoms with van der Waals surface area (Å²) in [5.41, 5.74) is 0.964. The molecule has 0 bridgehead atoms. The van der Waals surface area contributed by atoms with Gasteiger partial charge in [0.1, 0.15) is 11.5 Å². The molecule has 1 aromatic carbocycles. The Morgan fingerprint density at radius 2 is 1.74 bits per heavy atom. The van der Waals surface area contributed by atoms with Crippen LogP contribution in [0.4, 0.5) is 13.2 Å². The van der Waals surface area contributed by atoms with Crippen molar-refractivity contribution < 1.29 is 22.6 Å². The molecule has 0 aromatic heterocycles. The van der Waals surface area contributed by atoms with Crippen molar-refractivity contribution in [3.63, 3.8) is 0 Å². The predicted octanol–water partition coefficient (Wildman–Crippen LogP) is 4.57. The normalized spacial score (nSPS) is 19.7. The van der Waals surface area contributed by atoms with Gasteiger partial charge in [0.25, 0.3) is 0 Å². The molecule has 1 aliphatic heterocycles. The van der Waals surface area contributed by atoms with E-state index in [4.69, 9.17) is 4.74 Å². The second kappa shape index (κ2) is 10.6. The van der Waals surface area contributed by atoms with Crippen molar-refractivity contribution in [2.24, 2.45) is 5.92 Å². The van der Waals surface area contributed by atoms with Crippen LogP contribution in [0.1, 0.15) is 37.3 Å². The van der Waals surface area contributed by atoms with Crippen molar-refractivity contribution in [2.75, 3.05) is 33.3 Å². The largest absolute Gasteiger partial charge is 0.573 e. The number of piperazine rings is 1. The molecule has 2 aliphatic rings. The van der Waals surface area contributed by atoms with Crippen molar-refractivity contribution in [2.45, 2.75) is 38.1 Å². The van der Waals surface area contributed by atoms with E-state index in [9.17, 15) is 13.2 Å². The van der Waals surface area contributed by atoms with E-state index in [0.717, 1.165) is 44.6 Å². The van der Waals surface area contributed by atoms with E-state index in [1.807, 2.05) is 0 Å². The molecule has 1 saturated carbocycles. The minimum Gasteiger partial charge on any atom is -0.496 e. The fraction of sp³-hybridized carbons (Fsp3) is 0.667. The van der Waals surface area contributed by atoms with Crippen molar-refractivity contribution in [1.82, 2.24) is 10.2 Å². The standard InChI is InChI=1S/C18H25F3N2O2.2ClH/c1-24-16-12-14(25-18(19,20)21)6-7-15(16)17(13-4-2-3-5-13)23-10-8-22-9-11-23;;/h6-7,12-13,17,22H,2-5,8-11H2,1H3;2*1H/t17-;;/m1../s1. The monoisotopic (exact) mass is 430 g/mol. The Balaban J connectivity index is 0.00000182. The van der Waals surface area contributed by atoms with Gasteiger partial charge < -0.3 is 14.8 Å². The number of alkyl halides is 3. The maximum absolute atomic E-state index is 12.5. The van der Waals surface area contributed by atoms with Crippen molar-refractivity contribution >= 4 is 24.8 Å². The van der Waals surface area contributed by atoms with Crippen molar-refractivity contribution in [3.05, 3.63) is 23.8 Å². The SMILES string of the molecule is COc1cc(OC(F)(F)F)ccc1[C@@H](C1CCCC1)N1CCNCC1.Cl.Cl. The fourth-order valence-electron chi connectivity index (χ4n) is 4.12. The Labute approximate surface area is 170 Å². The predicted molar refractivity (Wildman–Crippen MR) is 103 cm³/mol. The van der Waals surface area contributed by atoms with Gasteiger partial charge >= 0.3 is 6.36 Å². The van der Waals surface area contributed by atoms with Crippen LogP contribution in [0, 0.1) is 5.92 Å². The van der Waals surface area contributed by atoms with Gasteiger partial charge in [-0.15, -0.1) is 38.0 Å². The van der Waals surface area contributed by atoms with Gasteiger partial charge in [0, 0.05) is 43.9 Å². The molecule has 156 valence electrons. The van der Waals surface area contributed by atoms with Crippen LogP contribution < -0.4 is 14.8 Å². The quantitative estimate of drug-likeness (QED) is 0.741. The number of halogens is 5. The van der Waals surface area contributed by atoms with E-state index >= 15 is 0 Å². The highest BCUT2D eigenvalue weighted by molar-refractivity contribution is 5.85. The van der Waals surface area contributed by atoms with E-state index in [0.29, 0.717) is 11.7 Å². The smallest absolute Gasteiger partial charge is 0.496 e. The molecule has 1 aliphatic carbocycles. The van der Waals surface area contributed by atoms with Crippen LogP contribution in [-0.2, 0) is 0 Å². The third-order valence-corrected chi connectivity index (χ3v) is 5.15. The van der Waals surface area contributed by atoms with E-state index < -0.39 is 6.36 Å². The summed E-state index contributed by atoms with van der Waals surface area (Å²) in [5, 5.41) is 3.36. The molecular weight excluding hydrogens is 404 g/mol. The number of methoxy groups -OCH3 is 1. The van der Waals surface area contributed by atoms with E-state index in [1.54, 1.807) is 6.07 Å². The minimum atomic E-state index is -4.70. The summed E-state index contributed by atoms with van der Waals surface area (Å²) >= 11 is 0. The molecule has 4 nitrogen and oxygen atoms in total. The first-order chi connectivity index (χ1) is 12.0. The Morgan fingerprint density at radius 1 is 1.11 bits per heavy atom. The summed E-state index contributed by atoms with van der Waals surface area (Å²) in [4.78, 5) is 2.44. The first-order valence-corrected chi connectivity index (χ1v) is 8.86. The Kier molecular flexibility index (Phi) is 9.48. The number of hydrogen-bond acceptors (Lipinski definition) is 4. The van der Waals surface area contributed by atoms with Gasteiger partial charge in [0.2, 0.25) is 0 Å². The van der Waals surface area contributed by atoms with Crippen LogP contribution in [0.25, 0.3) is 0 Å². The first kappa shape index (κ1) is 24.1. The molecule has 1 saturated heterocycles. The van der Waals surface area contributed by atoms with Crippen LogP contribution in [0.2, 0.25) is 0 Å². The number of ether oxygens (including phenoxy) is 2. The van der Waals surface area contributed by atoms with Gasteiger partial charge in [-0.25, -0.2) is 0 Å². The molecule has 9 heteroatoms. The lowest BCUT2D eigenvalue weighted by Gasteiger charge is -2.39. The molecular formula is C18H27Cl2F3N2O2. The van der Waals surface area contributed by atoms with Crippen LogP contribution in [0.5, 0.6) is 11.5 Å². The van der Waals surface area contributed by atoms with Crippen molar-refractivity contribution in [3.8, 4) is 11.5 Å². The summed E-state index contributed by atoms with van der Waals surface area (Å²) in [6.45, 7) is 3.73. The summed E-state index contributed by atoms with van der Waals surface area (Å²) < 4.78 is 47.0. The molecule has 27 heavy (non-hydrogen) atoms. The Hall–Kier alpha value is -0.890. The van der Waals surface area contributed by atoms with Crippen molar-refractivity contribution in [1.29, 1.82) is 0 Å². The second-order valence-corrected chi connectivity index (χ2v) is 6.73. The van der Waals surface area contributed by atoms with E-state index in [-0.39, 0.29) is 36.6 Å². The lowest BCUT2D eigenvalue weighted by Crippen LogP contribution is -2.46. The number of benzene rings is 1. The minimum absolute atomic E-state index is 0. The summed E-state index contributed by atoms with van der Waals surface area (Å²) in [6.07, 6.45) is 0.0305. The van der Waals surface area contributed by atoms with Gasteiger partial charge in [-0.3, -0.25) is 4.90 Å². The zero-order valence-electron chi connectivity index (χ0n) is 15.3. The summed E-state index contributed by atoms with van der Waals surface area (Å²) in [7, 11) is 1.50. The highest BCUT2D eigenvalue weighted by Crippen LogP contribution is 2.43. The topological polar surface area (TPSA) is 33.7 Å². The molecule has 1 atom stereocenters. The first-order valence-electron chi connectivity index (χ1n) is 8.86. The molecule has 0 unspecified atom stereocenters. The molecule has 1 aromatic rings. The molecule has 3 rings (SSSR count). The Morgan fingerprint density at radius 3 is 2.30 bits per heavy atom. The molecule has 2 fully saturated rings. The number of nitrogens with one attached hydrogen (secondary N) is 1. The number of nitrogens with zero attached hydrogens (tertiary/aromatic N) is 1. The maximum atomic E-state index is 12.5. The highest BCUT2D eigenvalue weighted by Gasteiger charge is 2.35. The lowest BCUT2D eigenvalue weighted by molar-refractivity contribution is -0.274. The van der Waals surface area contributed by atoms with E-state index in [2.05, 4.69) is 15.0 Å². The zero-order chi connectivity index (χ0) is 17.9. The highest BCUT2D eigenvalue weighted by atomic mass is 35.5.